The number of anilines is 1. The summed E-state index contributed by atoms with van der Waals surface area (Å²) in [6.07, 6.45) is 0. The number of para-hydroxylation sites is 2. The van der Waals surface area contributed by atoms with Gasteiger partial charge >= 0.3 is 5.97 Å². The number of aromatic nitrogens is 1. The van der Waals surface area contributed by atoms with E-state index >= 15 is 0 Å². The Labute approximate surface area is 129 Å². The number of halogens is 2. The molecule has 0 atom stereocenters. The van der Waals surface area contributed by atoms with Crippen molar-refractivity contribution in [1.29, 1.82) is 0 Å². The fraction of sp³-hybridized carbons (Fsp3) is 0.0769. The lowest BCUT2D eigenvalue weighted by atomic mass is 10.3. The standard InChI is InChI=1S/C13H10Cl2N2O4/c14-7-5-9(16-12(7)15)13(20)17-8-3-1-2-4-10(8)21-6-11(18)19/h1-5,16H,6H2,(H,17,20)(H,18,19). The van der Waals surface area contributed by atoms with Crippen molar-refractivity contribution in [1.82, 2.24) is 4.98 Å². The summed E-state index contributed by atoms with van der Waals surface area (Å²) in [6, 6.07) is 7.86. The number of rotatable bonds is 5. The van der Waals surface area contributed by atoms with Crippen LogP contribution in [0.1, 0.15) is 10.5 Å². The minimum atomic E-state index is -1.11. The highest BCUT2D eigenvalue weighted by Crippen LogP contribution is 2.26. The maximum atomic E-state index is 12.0. The van der Waals surface area contributed by atoms with E-state index in [9.17, 15) is 9.59 Å². The van der Waals surface area contributed by atoms with Crippen LogP contribution in [0.3, 0.4) is 0 Å². The van der Waals surface area contributed by atoms with E-state index in [1.807, 2.05) is 0 Å². The quantitative estimate of drug-likeness (QED) is 0.786. The Morgan fingerprint density at radius 1 is 1.29 bits per heavy atom. The number of H-pyrrole nitrogens is 1. The summed E-state index contributed by atoms with van der Waals surface area (Å²) in [7, 11) is 0. The van der Waals surface area contributed by atoms with Crippen LogP contribution < -0.4 is 10.1 Å². The molecule has 3 N–H and O–H groups in total. The van der Waals surface area contributed by atoms with Gasteiger partial charge in [-0.05, 0) is 18.2 Å². The molecule has 2 rings (SSSR count). The molecular formula is C13H10Cl2N2O4. The molecule has 0 aliphatic carbocycles. The van der Waals surface area contributed by atoms with Crippen LogP contribution in [-0.2, 0) is 4.79 Å². The maximum Gasteiger partial charge on any atom is 0.341 e. The normalized spacial score (nSPS) is 10.2. The van der Waals surface area contributed by atoms with Gasteiger partial charge in [0.15, 0.2) is 6.61 Å². The van der Waals surface area contributed by atoms with Gasteiger partial charge in [0, 0.05) is 0 Å². The molecule has 6 nitrogen and oxygen atoms in total. The summed E-state index contributed by atoms with van der Waals surface area (Å²) in [6.45, 7) is -0.507. The second-order valence-corrected chi connectivity index (χ2v) is 4.76. The highest BCUT2D eigenvalue weighted by Gasteiger charge is 2.14. The van der Waals surface area contributed by atoms with Crippen molar-refractivity contribution in [3.8, 4) is 5.75 Å². The lowest BCUT2D eigenvalue weighted by Gasteiger charge is -2.10. The molecule has 0 bridgehead atoms. The Morgan fingerprint density at radius 3 is 2.62 bits per heavy atom. The Morgan fingerprint density at radius 2 is 2.00 bits per heavy atom. The van der Waals surface area contributed by atoms with Gasteiger partial charge in [0.2, 0.25) is 0 Å². The summed E-state index contributed by atoms with van der Waals surface area (Å²) < 4.78 is 5.09. The number of ether oxygens (including phenoxy) is 1. The van der Waals surface area contributed by atoms with E-state index in [1.165, 1.54) is 6.07 Å². The number of aliphatic carboxylic acids is 1. The molecule has 0 fully saturated rings. The van der Waals surface area contributed by atoms with E-state index in [-0.39, 0.29) is 21.6 Å². The summed E-state index contributed by atoms with van der Waals surface area (Å²) >= 11 is 11.5. The average Bonchev–Trinajstić information content (AvgIpc) is 2.78. The monoisotopic (exact) mass is 328 g/mol. The Hall–Kier alpha value is -2.18. The van der Waals surface area contributed by atoms with Gasteiger partial charge < -0.3 is 20.1 Å². The van der Waals surface area contributed by atoms with Gasteiger partial charge in [0.05, 0.1) is 10.7 Å². The molecule has 110 valence electrons. The fourth-order valence-electron chi connectivity index (χ4n) is 1.55. The first-order valence-corrected chi connectivity index (χ1v) is 6.52. The number of hydrogen-bond acceptors (Lipinski definition) is 3. The zero-order valence-electron chi connectivity index (χ0n) is 10.5. The summed E-state index contributed by atoms with van der Waals surface area (Å²) in [5.74, 6) is -1.34. The van der Waals surface area contributed by atoms with E-state index in [1.54, 1.807) is 24.3 Å². The predicted octanol–water partition coefficient (Wildman–Crippen LogP) is 3.04. The van der Waals surface area contributed by atoms with Crippen molar-refractivity contribution in [2.24, 2.45) is 0 Å². The van der Waals surface area contributed by atoms with Crippen molar-refractivity contribution in [2.45, 2.75) is 0 Å². The zero-order valence-corrected chi connectivity index (χ0v) is 12.0. The first kappa shape index (κ1) is 15.2. The molecule has 0 saturated carbocycles. The molecule has 1 amide bonds. The van der Waals surface area contributed by atoms with Crippen molar-refractivity contribution in [3.05, 3.63) is 46.2 Å². The van der Waals surface area contributed by atoms with E-state index in [0.717, 1.165) is 0 Å². The number of carboxylic acids is 1. The van der Waals surface area contributed by atoms with Gasteiger partial charge in [0.25, 0.3) is 5.91 Å². The first-order chi connectivity index (χ1) is 9.97. The number of hydrogen-bond donors (Lipinski definition) is 3. The number of amides is 1. The van der Waals surface area contributed by atoms with Gasteiger partial charge in [-0.1, -0.05) is 35.3 Å². The number of carbonyl (C=O) groups excluding carboxylic acids is 1. The maximum absolute atomic E-state index is 12.0. The van der Waals surface area contributed by atoms with Gasteiger partial charge in [-0.15, -0.1) is 0 Å². The second kappa shape index (κ2) is 6.51. The molecule has 0 spiro atoms. The third-order valence-electron chi connectivity index (χ3n) is 2.46. The van der Waals surface area contributed by atoms with Crippen molar-refractivity contribution in [3.63, 3.8) is 0 Å². The van der Waals surface area contributed by atoms with E-state index in [2.05, 4.69) is 10.3 Å². The third kappa shape index (κ3) is 3.90. The molecule has 0 saturated heterocycles. The highest BCUT2D eigenvalue weighted by atomic mass is 35.5. The van der Waals surface area contributed by atoms with Crippen LogP contribution in [0.5, 0.6) is 5.75 Å². The third-order valence-corrected chi connectivity index (χ3v) is 3.15. The molecule has 0 aliphatic heterocycles. The second-order valence-electron chi connectivity index (χ2n) is 3.98. The van der Waals surface area contributed by atoms with Crippen LogP contribution >= 0.6 is 23.2 Å². The summed E-state index contributed by atoms with van der Waals surface area (Å²) in [5, 5.41) is 11.6. The Balaban J connectivity index is 2.15. The van der Waals surface area contributed by atoms with Crippen LogP contribution in [0, 0.1) is 0 Å². The van der Waals surface area contributed by atoms with Gasteiger partial charge in [-0.2, -0.15) is 0 Å². The Kier molecular flexibility index (Phi) is 4.72. The van der Waals surface area contributed by atoms with Gasteiger partial charge in [-0.25, -0.2) is 4.79 Å². The molecule has 8 heteroatoms. The highest BCUT2D eigenvalue weighted by molar-refractivity contribution is 6.41. The van der Waals surface area contributed by atoms with E-state index in [4.69, 9.17) is 33.0 Å². The summed E-state index contributed by atoms with van der Waals surface area (Å²) in [4.78, 5) is 25.2. The number of carbonyl (C=O) groups is 2. The SMILES string of the molecule is O=C(O)COc1ccccc1NC(=O)c1cc(Cl)c(Cl)[nH]1. The van der Waals surface area contributed by atoms with Crippen molar-refractivity contribution >= 4 is 40.8 Å². The lowest BCUT2D eigenvalue weighted by molar-refractivity contribution is -0.139. The van der Waals surface area contributed by atoms with Crippen LogP contribution in [0.15, 0.2) is 30.3 Å². The minimum Gasteiger partial charge on any atom is -0.480 e. The Bertz CT molecular complexity index is 665. The molecule has 1 aromatic carbocycles. The molecule has 1 aromatic heterocycles. The number of nitrogens with one attached hydrogen (secondary N) is 2. The molecule has 0 radical (unpaired) electrons. The molecule has 2 aromatic rings. The average molecular weight is 329 g/mol. The number of carboxylic acid groups (broad SMARTS) is 1. The van der Waals surface area contributed by atoms with Crippen LogP contribution in [0.4, 0.5) is 5.69 Å². The van der Waals surface area contributed by atoms with Gasteiger partial charge in [-0.3, -0.25) is 4.79 Å². The molecule has 1 heterocycles. The fourth-order valence-corrected chi connectivity index (χ4v) is 1.86. The topological polar surface area (TPSA) is 91.4 Å². The molecular weight excluding hydrogens is 319 g/mol. The van der Waals surface area contributed by atoms with Crippen molar-refractivity contribution < 1.29 is 19.4 Å². The largest absolute Gasteiger partial charge is 0.480 e. The van der Waals surface area contributed by atoms with Crippen LogP contribution in [0.25, 0.3) is 0 Å². The van der Waals surface area contributed by atoms with Crippen LogP contribution in [-0.4, -0.2) is 28.6 Å². The predicted molar refractivity (Wildman–Crippen MR) is 78.3 cm³/mol. The number of benzene rings is 1. The molecule has 0 aliphatic rings. The number of aromatic amines is 1. The van der Waals surface area contributed by atoms with Crippen LogP contribution in [0.2, 0.25) is 10.2 Å². The van der Waals surface area contributed by atoms with E-state index in [0.29, 0.717) is 5.69 Å². The summed E-state index contributed by atoms with van der Waals surface area (Å²) in [5.41, 5.74) is 0.517. The van der Waals surface area contributed by atoms with Crippen molar-refractivity contribution in [2.75, 3.05) is 11.9 Å². The molecule has 21 heavy (non-hydrogen) atoms. The zero-order chi connectivity index (χ0) is 15.4. The minimum absolute atomic E-state index is 0.164. The lowest BCUT2D eigenvalue weighted by Crippen LogP contribution is -2.15. The smallest absolute Gasteiger partial charge is 0.341 e. The first-order valence-electron chi connectivity index (χ1n) is 5.76. The van der Waals surface area contributed by atoms with E-state index < -0.39 is 18.5 Å². The van der Waals surface area contributed by atoms with Gasteiger partial charge in [0.1, 0.15) is 16.6 Å². The molecule has 0 unspecified atom stereocenters.